The van der Waals surface area contributed by atoms with Crippen LogP contribution in [0.25, 0.3) is 0 Å². The molecule has 1 fully saturated rings. The summed E-state index contributed by atoms with van der Waals surface area (Å²) >= 11 is 0. The molecular formula is C17H26N2O4. The van der Waals surface area contributed by atoms with Crippen LogP contribution in [0.5, 0.6) is 11.5 Å². The lowest BCUT2D eigenvalue weighted by atomic mass is 10.0. The molecular weight excluding hydrogens is 296 g/mol. The van der Waals surface area contributed by atoms with Gasteiger partial charge in [0.1, 0.15) is 0 Å². The molecule has 0 aromatic heterocycles. The average molecular weight is 322 g/mol. The van der Waals surface area contributed by atoms with Crippen LogP contribution >= 0.6 is 0 Å². The molecule has 6 nitrogen and oxygen atoms in total. The van der Waals surface area contributed by atoms with Gasteiger partial charge in [-0.05, 0) is 43.6 Å². The highest BCUT2D eigenvalue weighted by Gasteiger charge is 2.23. The number of rotatable bonds is 8. The van der Waals surface area contributed by atoms with Crippen LogP contribution in [-0.4, -0.2) is 56.4 Å². The van der Waals surface area contributed by atoms with Gasteiger partial charge in [-0.15, -0.1) is 0 Å². The van der Waals surface area contributed by atoms with E-state index in [1.807, 2.05) is 18.2 Å². The van der Waals surface area contributed by atoms with E-state index in [1.54, 1.807) is 14.2 Å². The number of benzene rings is 1. The van der Waals surface area contributed by atoms with Crippen molar-refractivity contribution in [1.29, 1.82) is 0 Å². The van der Waals surface area contributed by atoms with Crippen LogP contribution in [0, 0.1) is 0 Å². The number of likely N-dealkylation sites (tertiary alicyclic amines) is 1. The first-order chi connectivity index (χ1) is 11.2. The second kappa shape index (κ2) is 8.74. The van der Waals surface area contributed by atoms with Gasteiger partial charge in [0.2, 0.25) is 0 Å². The number of piperidine rings is 1. The van der Waals surface area contributed by atoms with E-state index in [0.29, 0.717) is 18.0 Å². The maximum atomic E-state index is 10.8. The summed E-state index contributed by atoms with van der Waals surface area (Å²) in [7, 11) is 3.24. The van der Waals surface area contributed by atoms with Crippen molar-refractivity contribution in [3.63, 3.8) is 0 Å². The van der Waals surface area contributed by atoms with Crippen molar-refractivity contribution >= 4 is 5.97 Å². The fourth-order valence-electron chi connectivity index (χ4n) is 3.06. The van der Waals surface area contributed by atoms with Crippen LogP contribution in [-0.2, 0) is 4.79 Å². The van der Waals surface area contributed by atoms with Crippen molar-refractivity contribution < 1.29 is 19.4 Å². The molecule has 1 aromatic rings. The average Bonchev–Trinajstić information content (AvgIpc) is 2.58. The van der Waals surface area contributed by atoms with Crippen LogP contribution in [0.2, 0.25) is 0 Å². The molecule has 6 heteroatoms. The molecule has 0 saturated carbocycles. The van der Waals surface area contributed by atoms with Gasteiger partial charge < -0.3 is 19.9 Å². The molecule has 1 unspecified atom stereocenters. The number of hydrogen-bond donors (Lipinski definition) is 2. The van der Waals surface area contributed by atoms with Crippen LogP contribution in [0.1, 0.15) is 30.9 Å². The Kier molecular flexibility index (Phi) is 6.67. The molecule has 0 amide bonds. The van der Waals surface area contributed by atoms with Crippen molar-refractivity contribution in [2.75, 3.05) is 40.4 Å². The molecule has 2 N–H and O–H groups in total. The second-order valence-electron chi connectivity index (χ2n) is 5.75. The Morgan fingerprint density at radius 3 is 2.52 bits per heavy atom. The van der Waals surface area contributed by atoms with E-state index in [4.69, 9.17) is 14.6 Å². The number of nitrogens with one attached hydrogen (secondary N) is 1. The summed E-state index contributed by atoms with van der Waals surface area (Å²) < 4.78 is 10.7. The van der Waals surface area contributed by atoms with Gasteiger partial charge in [-0.3, -0.25) is 9.69 Å². The highest BCUT2D eigenvalue weighted by Crippen LogP contribution is 2.32. The van der Waals surface area contributed by atoms with Gasteiger partial charge in [0.15, 0.2) is 11.5 Å². The molecule has 1 aliphatic rings. The number of hydrogen-bond acceptors (Lipinski definition) is 5. The Balaban J connectivity index is 2.18. The van der Waals surface area contributed by atoms with Crippen molar-refractivity contribution in [2.45, 2.75) is 25.3 Å². The zero-order valence-electron chi connectivity index (χ0n) is 13.9. The van der Waals surface area contributed by atoms with E-state index >= 15 is 0 Å². The second-order valence-corrected chi connectivity index (χ2v) is 5.75. The zero-order valence-corrected chi connectivity index (χ0v) is 13.9. The standard InChI is InChI=1S/C17H26N2O4/c1-22-15-7-6-13(10-16(15)23-2)14(11-18-12-17(20)21)19-8-4-3-5-9-19/h6-7,10,14,18H,3-5,8-9,11-12H2,1-2H3,(H,20,21). The van der Waals surface area contributed by atoms with Gasteiger partial charge >= 0.3 is 5.97 Å². The summed E-state index contributed by atoms with van der Waals surface area (Å²) in [6.45, 7) is 2.64. The molecule has 1 aromatic carbocycles. The van der Waals surface area contributed by atoms with E-state index < -0.39 is 5.97 Å². The van der Waals surface area contributed by atoms with E-state index in [1.165, 1.54) is 19.3 Å². The third kappa shape index (κ3) is 4.84. The lowest BCUT2D eigenvalue weighted by Crippen LogP contribution is -2.40. The van der Waals surface area contributed by atoms with Crippen molar-refractivity contribution in [1.82, 2.24) is 10.2 Å². The largest absolute Gasteiger partial charge is 0.493 e. The minimum Gasteiger partial charge on any atom is -0.493 e. The highest BCUT2D eigenvalue weighted by molar-refractivity contribution is 5.69. The number of carbonyl (C=O) groups is 1. The maximum Gasteiger partial charge on any atom is 0.317 e. The summed E-state index contributed by atoms with van der Waals surface area (Å²) in [5.41, 5.74) is 1.11. The summed E-state index contributed by atoms with van der Waals surface area (Å²) in [6, 6.07) is 6.06. The smallest absolute Gasteiger partial charge is 0.317 e. The molecule has 23 heavy (non-hydrogen) atoms. The molecule has 1 saturated heterocycles. The van der Waals surface area contributed by atoms with Gasteiger partial charge in [0.25, 0.3) is 0 Å². The van der Waals surface area contributed by atoms with Gasteiger partial charge in [-0.2, -0.15) is 0 Å². The predicted molar refractivity (Wildman–Crippen MR) is 88.2 cm³/mol. The number of ether oxygens (including phenoxy) is 2. The number of carboxylic acids is 1. The first-order valence-electron chi connectivity index (χ1n) is 8.04. The summed E-state index contributed by atoms with van der Waals surface area (Å²) in [5, 5.41) is 11.9. The third-order valence-electron chi connectivity index (χ3n) is 4.24. The quantitative estimate of drug-likeness (QED) is 0.762. The SMILES string of the molecule is COc1ccc(C(CNCC(=O)O)N2CCCCC2)cc1OC. The first-order valence-corrected chi connectivity index (χ1v) is 8.04. The molecule has 0 bridgehead atoms. The van der Waals surface area contributed by atoms with E-state index in [0.717, 1.165) is 18.7 Å². The van der Waals surface area contributed by atoms with Gasteiger partial charge in [-0.25, -0.2) is 0 Å². The Morgan fingerprint density at radius 1 is 1.22 bits per heavy atom. The third-order valence-corrected chi connectivity index (χ3v) is 4.24. The van der Waals surface area contributed by atoms with Crippen molar-refractivity contribution in [3.05, 3.63) is 23.8 Å². The fourth-order valence-corrected chi connectivity index (χ4v) is 3.06. The molecule has 0 radical (unpaired) electrons. The molecule has 2 rings (SSSR count). The normalized spacial score (nSPS) is 16.8. The Hall–Kier alpha value is -1.79. The molecule has 1 atom stereocenters. The van der Waals surface area contributed by atoms with Crippen molar-refractivity contribution in [3.8, 4) is 11.5 Å². The number of methoxy groups -OCH3 is 2. The number of nitrogens with zero attached hydrogens (tertiary/aromatic N) is 1. The molecule has 128 valence electrons. The maximum absolute atomic E-state index is 10.8. The van der Waals surface area contributed by atoms with Gasteiger partial charge in [0.05, 0.1) is 20.8 Å². The van der Waals surface area contributed by atoms with E-state index in [2.05, 4.69) is 10.2 Å². The van der Waals surface area contributed by atoms with Gasteiger partial charge in [0, 0.05) is 12.6 Å². The fraction of sp³-hybridized carbons (Fsp3) is 0.588. The minimum atomic E-state index is -0.838. The lowest BCUT2D eigenvalue weighted by Gasteiger charge is -2.35. The number of aliphatic carboxylic acids is 1. The van der Waals surface area contributed by atoms with Gasteiger partial charge in [-0.1, -0.05) is 12.5 Å². The van der Waals surface area contributed by atoms with Crippen LogP contribution in [0.3, 0.4) is 0 Å². The lowest BCUT2D eigenvalue weighted by molar-refractivity contribution is -0.136. The zero-order chi connectivity index (χ0) is 16.7. The van der Waals surface area contributed by atoms with E-state index in [-0.39, 0.29) is 12.6 Å². The monoisotopic (exact) mass is 322 g/mol. The predicted octanol–water partition coefficient (Wildman–Crippen LogP) is 1.90. The number of carboxylic acid groups (broad SMARTS) is 1. The molecule has 1 heterocycles. The summed E-state index contributed by atoms with van der Waals surface area (Å²) in [5.74, 6) is 0.562. The minimum absolute atomic E-state index is 0.0301. The van der Waals surface area contributed by atoms with Crippen LogP contribution in [0.15, 0.2) is 18.2 Å². The van der Waals surface area contributed by atoms with Crippen LogP contribution in [0.4, 0.5) is 0 Å². The Morgan fingerprint density at radius 2 is 1.91 bits per heavy atom. The van der Waals surface area contributed by atoms with E-state index in [9.17, 15) is 4.79 Å². The van der Waals surface area contributed by atoms with Crippen LogP contribution < -0.4 is 14.8 Å². The molecule has 0 spiro atoms. The molecule has 0 aliphatic carbocycles. The Bertz CT molecular complexity index is 515. The first kappa shape index (κ1) is 17.6. The summed E-state index contributed by atoms with van der Waals surface area (Å²) in [4.78, 5) is 13.2. The topological polar surface area (TPSA) is 71.0 Å². The van der Waals surface area contributed by atoms with Crippen molar-refractivity contribution in [2.24, 2.45) is 0 Å². The summed E-state index contributed by atoms with van der Waals surface area (Å²) in [6.07, 6.45) is 3.63. The highest BCUT2D eigenvalue weighted by atomic mass is 16.5. The Labute approximate surface area is 137 Å². The molecule has 1 aliphatic heterocycles.